The Hall–Kier alpha value is -1.06. The van der Waals surface area contributed by atoms with Gasteiger partial charge >= 0.3 is 11.9 Å². The van der Waals surface area contributed by atoms with E-state index >= 15 is 0 Å². The highest BCUT2D eigenvalue weighted by atomic mass is 16.5. The summed E-state index contributed by atoms with van der Waals surface area (Å²) in [7, 11) is 0. The summed E-state index contributed by atoms with van der Waals surface area (Å²) in [5, 5.41) is 0. The van der Waals surface area contributed by atoms with Gasteiger partial charge in [0.2, 0.25) is 0 Å². The van der Waals surface area contributed by atoms with Crippen LogP contribution in [0.25, 0.3) is 0 Å². The monoisotopic (exact) mass is 528 g/mol. The molecule has 11 atom stereocenters. The maximum absolute atomic E-state index is 11.9. The molecule has 0 spiro atoms. The highest BCUT2D eigenvalue weighted by Crippen LogP contribution is 2.78. The van der Waals surface area contributed by atoms with E-state index in [0.717, 1.165) is 12.3 Å². The summed E-state index contributed by atoms with van der Waals surface area (Å²) in [5.41, 5.74) is 1.73. The largest absolute Gasteiger partial charge is 0.465 e. The summed E-state index contributed by atoms with van der Waals surface area (Å²) in [5.74, 6) is 2.28. The highest BCUT2D eigenvalue weighted by Gasteiger charge is 2.71. The summed E-state index contributed by atoms with van der Waals surface area (Å²) in [6.45, 7) is 21.6. The second kappa shape index (κ2) is 8.97. The molecule has 5 saturated carbocycles. The number of fused-ring (bicyclic) bond motifs is 7. The standard InChI is InChI=1S/C34H56O4/c1-22-25(38-24(3)36)10-11-26-31(22,6)13-12-27-32(26,7)17-19-34(9)28-20-29(4,21-37-23(2)35)14-15-30(28,5)16-18-33(27,34)8/h22,25-28H,10-21H2,1-9H3. The van der Waals surface area contributed by atoms with Gasteiger partial charge in [0, 0.05) is 19.3 Å². The van der Waals surface area contributed by atoms with E-state index in [-0.39, 0.29) is 28.9 Å². The van der Waals surface area contributed by atoms with Crippen molar-refractivity contribution in [2.75, 3.05) is 6.61 Å². The van der Waals surface area contributed by atoms with Crippen molar-refractivity contribution in [3.05, 3.63) is 0 Å². The Morgan fingerprint density at radius 2 is 1.32 bits per heavy atom. The van der Waals surface area contributed by atoms with Gasteiger partial charge in [-0.1, -0.05) is 48.5 Å². The van der Waals surface area contributed by atoms with Crippen molar-refractivity contribution in [3.8, 4) is 0 Å². The van der Waals surface area contributed by atoms with Crippen LogP contribution in [0.3, 0.4) is 0 Å². The van der Waals surface area contributed by atoms with Crippen LogP contribution in [0.4, 0.5) is 0 Å². The predicted octanol–water partition coefficient (Wildman–Crippen LogP) is 8.36. The van der Waals surface area contributed by atoms with Crippen molar-refractivity contribution in [2.45, 2.75) is 139 Å². The van der Waals surface area contributed by atoms with E-state index in [4.69, 9.17) is 9.47 Å². The average molecular weight is 529 g/mol. The third-order valence-electron chi connectivity index (χ3n) is 14.7. The number of hydrogen-bond donors (Lipinski definition) is 0. The highest BCUT2D eigenvalue weighted by molar-refractivity contribution is 5.66. The topological polar surface area (TPSA) is 52.6 Å². The van der Waals surface area contributed by atoms with Gasteiger partial charge < -0.3 is 9.47 Å². The Kier molecular flexibility index (Phi) is 6.72. The molecule has 0 amide bonds. The van der Waals surface area contributed by atoms with Gasteiger partial charge in [0.15, 0.2) is 0 Å². The second-order valence-electron chi connectivity index (χ2n) is 16.5. The minimum Gasteiger partial charge on any atom is -0.465 e. The van der Waals surface area contributed by atoms with Crippen LogP contribution in [0.2, 0.25) is 0 Å². The summed E-state index contributed by atoms with van der Waals surface area (Å²) >= 11 is 0. The van der Waals surface area contributed by atoms with E-state index in [1.807, 2.05) is 0 Å². The van der Waals surface area contributed by atoms with Crippen molar-refractivity contribution in [1.29, 1.82) is 0 Å². The van der Waals surface area contributed by atoms with Crippen molar-refractivity contribution in [1.82, 2.24) is 0 Å². The van der Waals surface area contributed by atoms with Gasteiger partial charge in [0.05, 0.1) is 6.61 Å². The van der Waals surface area contributed by atoms with Crippen LogP contribution in [0.5, 0.6) is 0 Å². The van der Waals surface area contributed by atoms with Gasteiger partial charge in [-0.15, -0.1) is 0 Å². The molecule has 4 heteroatoms. The molecule has 216 valence electrons. The van der Waals surface area contributed by atoms with Crippen molar-refractivity contribution >= 4 is 11.9 Å². The molecule has 0 N–H and O–H groups in total. The summed E-state index contributed by atoms with van der Waals surface area (Å²) in [6, 6.07) is 0. The minimum absolute atomic E-state index is 0.0749. The molecule has 38 heavy (non-hydrogen) atoms. The smallest absolute Gasteiger partial charge is 0.302 e. The first-order valence-electron chi connectivity index (χ1n) is 15.8. The van der Waals surface area contributed by atoms with Gasteiger partial charge in [0.1, 0.15) is 6.10 Å². The molecule has 0 heterocycles. The Morgan fingerprint density at radius 1 is 0.684 bits per heavy atom. The third-order valence-corrected chi connectivity index (χ3v) is 14.7. The lowest BCUT2D eigenvalue weighted by molar-refractivity contribution is -0.265. The zero-order valence-corrected chi connectivity index (χ0v) is 26.0. The third kappa shape index (κ3) is 3.95. The maximum atomic E-state index is 11.9. The molecule has 11 unspecified atom stereocenters. The van der Waals surface area contributed by atoms with E-state index in [0.29, 0.717) is 46.0 Å². The van der Waals surface area contributed by atoms with Crippen LogP contribution in [0, 0.1) is 56.2 Å². The molecule has 0 saturated heterocycles. The number of hydrogen-bond acceptors (Lipinski definition) is 4. The van der Waals surface area contributed by atoms with Crippen molar-refractivity contribution in [3.63, 3.8) is 0 Å². The first-order chi connectivity index (χ1) is 17.5. The van der Waals surface area contributed by atoms with Gasteiger partial charge in [-0.2, -0.15) is 0 Å². The molecule has 5 aliphatic carbocycles. The summed E-state index contributed by atoms with van der Waals surface area (Å²) in [4.78, 5) is 23.6. The molecule has 0 radical (unpaired) electrons. The van der Waals surface area contributed by atoms with Crippen LogP contribution < -0.4 is 0 Å². The molecule has 4 nitrogen and oxygen atoms in total. The Bertz CT molecular complexity index is 976. The molecule has 5 aliphatic rings. The fourth-order valence-electron chi connectivity index (χ4n) is 12.0. The number of rotatable bonds is 3. The maximum Gasteiger partial charge on any atom is 0.302 e. The van der Waals surface area contributed by atoms with E-state index in [9.17, 15) is 9.59 Å². The molecule has 0 aliphatic heterocycles. The molecule has 5 rings (SSSR count). The molecular weight excluding hydrogens is 472 g/mol. The fraction of sp³-hybridized carbons (Fsp3) is 0.941. The lowest BCUT2D eigenvalue weighted by atomic mass is 9.30. The van der Waals surface area contributed by atoms with Gasteiger partial charge in [0.25, 0.3) is 0 Å². The average Bonchev–Trinajstić information content (AvgIpc) is 2.83. The normalized spacial score (nSPS) is 54.0. The number of carbonyl (C=O) groups is 2. The molecule has 0 bridgehead atoms. The van der Waals surface area contributed by atoms with E-state index < -0.39 is 0 Å². The SMILES string of the molecule is CC(=O)OCC1(C)CCC2(C)CCC3(C)C4CCC5(C)C(C)C(OC(C)=O)CCC5C4(C)CCC3(C)C2C1. The Labute approximate surface area is 232 Å². The van der Waals surface area contributed by atoms with E-state index in [1.165, 1.54) is 64.2 Å². The number of carbonyl (C=O) groups excluding carboxylic acids is 2. The predicted molar refractivity (Wildman–Crippen MR) is 151 cm³/mol. The minimum atomic E-state index is -0.143. The Morgan fingerprint density at radius 3 is 1.97 bits per heavy atom. The quantitative estimate of drug-likeness (QED) is 0.345. The van der Waals surface area contributed by atoms with Crippen LogP contribution in [-0.2, 0) is 19.1 Å². The van der Waals surface area contributed by atoms with E-state index in [2.05, 4.69) is 48.5 Å². The summed E-state index contributed by atoms with van der Waals surface area (Å²) < 4.78 is 11.5. The second-order valence-corrected chi connectivity index (χ2v) is 16.5. The number of ether oxygens (including phenoxy) is 2. The summed E-state index contributed by atoms with van der Waals surface area (Å²) in [6.07, 6.45) is 13.8. The molecule has 5 fully saturated rings. The van der Waals surface area contributed by atoms with Gasteiger partial charge in [-0.25, -0.2) is 0 Å². The lowest BCUT2D eigenvalue weighted by Crippen LogP contribution is -2.68. The van der Waals surface area contributed by atoms with Gasteiger partial charge in [-0.05, 0) is 121 Å². The first-order valence-corrected chi connectivity index (χ1v) is 15.8. The van der Waals surface area contributed by atoms with Crippen LogP contribution in [-0.4, -0.2) is 24.6 Å². The fourth-order valence-corrected chi connectivity index (χ4v) is 12.0. The molecule has 0 aromatic carbocycles. The first kappa shape index (κ1) is 28.5. The van der Waals surface area contributed by atoms with Crippen LogP contribution >= 0.6 is 0 Å². The van der Waals surface area contributed by atoms with Crippen LogP contribution in [0.15, 0.2) is 0 Å². The number of esters is 2. The lowest BCUT2D eigenvalue weighted by Gasteiger charge is -2.75. The van der Waals surface area contributed by atoms with E-state index in [1.54, 1.807) is 13.8 Å². The van der Waals surface area contributed by atoms with Crippen molar-refractivity contribution < 1.29 is 19.1 Å². The molecular formula is C34H56O4. The zero-order valence-electron chi connectivity index (χ0n) is 26.0. The zero-order chi connectivity index (χ0) is 27.9. The Balaban J connectivity index is 1.45. The van der Waals surface area contributed by atoms with Crippen LogP contribution in [0.1, 0.15) is 133 Å². The molecule has 0 aromatic rings. The van der Waals surface area contributed by atoms with Gasteiger partial charge in [-0.3, -0.25) is 9.59 Å². The van der Waals surface area contributed by atoms with Crippen molar-refractivity contribution in [2.24, 2.45) is 56.2 Å². The molecule has 0 aromatic heterocycles.